The lowest BCUT2D eigenvalue weighted by Crippen LogP contribution is -2.27. The summed E-state index contributed by atoms with van der Waals surface area (Å²) in [5.74, 6) is 0.633. The Balaban J connectivity index is 0.834. The highest BCUT2D eigenvalue weighted by atomic mass is 35.5. The summed E-state index contributed by atoms with van der Waals surface area (Å²) in [6, 6.07) is 55.1. The van der Waals surface area contributed by atoms with Gasteiger partial charge in [-0.1, -0.05) is 157 Å². The summed E-state index contributed by atoms with van der Waals surface area (Å²) in [6.45, 7) is 4.18. The summed E-state index contributed by atoms with van der Waals surface area (Å²) in [5.41, 5.74) is 11.2. The average Bonchev–Trinajstić information content (AvgIpc) is 3.42. The Morgan fingerprint density at radius 1 is 0.514 bits per heavy atom. The lowest BCUT2D eigenvalue weighted by molar-refractivity contribution is 0.0990. The summed E-state index contributed by atoms with van der Waals surface area (Å²) < 4.78 is 11.8. The second kappa shape index (κ2) is 23.0. The maximum absolute atomic E-state index is 14.0. The maximum Gasteiger partial charge on any atom is 0.261 e. The first-order valence-corrected chi connectivity index (χ1v) is 24.6. The van der Waals surface area contributed by atoms with E-state index in [0.29, 0.717) is 55.5 Å². The molecule has 0 aliphatic heterocycles. The van der Waals surface area contributed by atoms with Crippen molar-refractivity contribution >= 4 is 109 Å². The van der Waals surface area contributed by atoms with Gasteiger partial charge in [0.05, 0.1) is 52.6 Å². The largest absolute Gasteiger partial charge is 0.494 e. The summed E-state index contributed by atoms with van der Waals surface area (Å²) in [4.78, 5) is 21.7. The van der Waals surface area contributed by atoms with Crippen molar-refractivity contribution in [3.8, 4) is 11.5 Å². The van der Waals surface area contributed by atoms with Gasteiger partial charge in [-0.2, -0.15) is 10.2 Å². The highest BCUT2D eigenvalue weighted by Gasteiger charge is 2.24. The zero-order chi connectivity index (χ0) is 51.7. The number of aryl methyl sites for hydroxylation is 2. The van der Waals surface area contributed by atoms with Crippen LogP contribution in [0.4, 0.5) is 34.1 Å². The molecule has 0 fully saturated rings. The van der Waals surface area contributed by atoms with Crippen LogP contribution in [0.1, 0.15) is 49.3 Å². The van der Waals surface area contributed by atoms with Gasteiger partial charge in [-0.05, 0) is 119 Å². The number of methoxy groups -OCH3 is 2. The van der Waals surface area contributed by atoms with Gasteiger partial charge in [-0.15, -0.1) is 10.2 Å². The SMILES string of the molecule is COc1c(CON(C)c2ccc(C)cc2Cl)cc2ccccc2c1N=Nc1ccc(C=Cc2ccc(C=Cc3ccc(N=Nc4c(OC)c(C(=O)N(C)c5ccc(C)cc5Cl)cc5ccccc45)cc3)cc2)cc1. The normalized spacial score (nSPS) is 11.7. The van der Waals surface area contributed by atoms with Gasteiger partial charge in [-0.25, -0.2) is 0 Å². The minimum absolute atomic E-state index is 0.230. The van der Waals surface area contributed by atoms with Crippen LogP contribution < -0.4 is 19.4 Å². The first-order chi connectivity index (χ1) is 36.0. The van der Waals surface area contributed by atoms with Crippen LogP contribution in [0.5, 0.6) is 11.5 Å². The number of benzene rings is 9. The molecule has 1 amide bonds. The number of hydroxylamine groups is 1. The second-order valence-corrected chi connectivity index (χ2v) is 18.4. The number of amides is 1. The fourth-order valence-corrected chi connectivity index (χ4v) is 9.19. The van der Waals surface area contributed by atoms with E-state index in [0.717, 1.165) is 66.2 Å². The molecule has 10 nitrogen and oxygen atoms in total. The third-order valence-electron chi connectivity index (χ3n) is 12.5. The molecule has 9 aromatic carbocycles. The molecule has 0 spiro atoms. The summed E-state index contributed by atoms with van der Waals surface area (Å²) >= 11 is 13.1. The van der Waals surface area contributed by atoms with E-state index < -0.39 is 0 Å². The Labute approximate surface area is 441 Å². The molecule has 0 saturated heterocycles. The predicted octanol–water partition coefficient (Wildman–Crippen LogP) is 18.0. The standard InChI is InChI=1S/C62H52Cl2N6O4/c1-40-15-33-56(54(63)35-40)69(3)62(71)53-38-47-12-8-10-14-52(47)59(61(53)73-6)68-66-50-31-27-45(28-32-50)24-22-43-19-17-42(18-20-43)21-23-44-25-29-49(30-26-44)65-67-58-51-13-9-7-11-46(51)37-48(60(58)72-5)39-74-70(4)57-34-16-41(2)36-55(57)64/h7-38H,39H2,1-6H3. The van der Waals surface area contributed by atoms with Crippen molar-refractivity contribution in [2.45, 2.75) is 20.5 Å². The summed E-state index contributed by atoms with van der Waals surface area (Å²) in [7, 11) is 6.69. The minimum Gasteiger partial charge on any atom is -0.494 e. The molecule has 12 heteroatoms. The number of hydrogen-bond donors (Lipinski definition) is 0. The number of anilines is 2. The van der Waals surface area contributed by atoms with Gasteiger partial charge in [0, 0.05) is 30.4 Å². The van der Waals surface area contributed by atoms with Crippen molar-refractivity contribution in [2.75, 3.05) is 38.3 Å². The number of nitrogens with zero attached hydrogens (tertiary/aromatic N) is 6. The third kappa shape index (κ3) is 11.6. The van der Waals surface area contributed by atoms with E-state index >= 15 is 0 Å². The van der Waals surface area contributed by atoms with Crippen LogP contribution in [0.15, 0.2) is 190 Å². The molecule has 0 saturated carbocycles. The number of hydrogen-bond acceptors (Lipinski definition) is 9. The summed E-state index contributed by atoms with van der Waals surface area (Å²) in [5, 5.41) is 24.9. The Morgan fingerprint density at radius 3 is 1.42 bits per heavy atom. The van der Waals surface area contributed by atoms with Gasteiger partial charge in [0.25, 0.3) is 5.91 Å². The second-order valence-electron chi connectivity index (χ2n) is 17.6. The van der Waals surface area contributed by atoms with Crippen LogP contribution in [0, 0.1) is 13.8 Å². The molecule has 0 aliphatic rings. The van der Waals surface area contributed by atoms with Gasteiger partial charge in [0.1, 0.15) is 18.0 Å². The molecular weight excluding hydrogens is 964 g/mol. The van der Waals surface area contributed by atoms with E-state index in [2.05, 4.69) is 70.0 Å². The number of rotatable bonds is 16. The molecule has 9 rings (SSSR count). The van der Waals surface area contributed by atoms with Gasteiger partial charge in [0.15, 0.2) is 11.5 Å². The molecule has 0 radical (unpaired) electrons. The third-order valence-corrected chi connectivity index (χ3v) is 13.1. The molecule has 9 aromatic rings. The number of carbonyl (C=O) groups is 1. The van der Waals surface area contributed by atoms with Gasteiger partial charge in [-0.3, -0.25) is 14.7 Å². The molecule has 0 atom stereocenters. The lowest BCUT2D eigenvalue weighted by atomic mass is 10.0. The van der Waals surface area contributed by atoms with Crippen molar-refractivity contribution in [1.29, 1.82) is 0 Å². The maximum atomic E-state index is 14.0. The Bertz CT molecular complexity index is 3630. The number of azo groups is 2. The molecule has 0 heterocycles. The van der Waals surface area contributed by atoms with Crippen LogP contribution in [0.2, 0.25) is 10.0 Å². The molecule has 0 aromatic heterocycles. The fraction of sp³-hybridized carbons (Fsp3) is 0.113. The lowest BCUT2D eigenvalue weighted by Gasteiger charge is -2.21. The molecular formula is C62H52Cl2N6O4. The molecule has 368 valence electrons. The zero-order valence-electron chi connectivity index (χ0n) is 41.8. The van der Waals surface area contributed by atoms with Gasteiger partial charge in [0.2, 0.25) is 0 Å². The predicted molar refractivity (Wildman–Crippen MR) is 305 cm³/mol. The van der Waals surface area contributed by atoms with E-state index in [1.165, 1.54) is 12.0 Å². The highest BCUT2D eigenvalue weighted by molar-refractivity contribution is 6.34. The molecule has 0 bridgehead atoms. The molecule has 0 aliphatic carbocycles. The van der Waals surface area contributed by atoms with E-state index in [9.17, 15) is 4.79 Å². The molecule has 74 heavy (non-hydrogen) atoms. The topological polar surface area (TPSA) is 101 Å². The van der Waals surface area contributed by atoms with Crippen molar-refractivity contribution in [1.82, 2.24) is 0 Å². The molecule has 0 N–H and O–H groups in total. The van der Waals surface area contributed by atoms with E-state index in [1.807, 2.05) is 160 Å². The first kappa shape index (κ1) is 50.5. The van der Waals surface area contributed by atoms with E-state index in [4.69, 9.17) is 42.6 Å². The van der Waals surface area contributed by atoms with Crippen LogP contribution >= 0.6 is 23.2 Å². The quantitative estimate of drug-likeness (QED) is 0.0545. The average molecular weight is 1020 g/mol. The van der Waals surface area contributed by atoms with Crippen molar-refractivity contribution < 1.29 is 19.1 Å². The van der Waals surface area contributed by atoms with Crippen LogP contribution in [-0.4, -0.2) is 34.2 Å². The number of ether oxygens (including phenoxy) is 2. The van der Waals surface area contributed by atoms with E-state index in [-0.39, 0.29) is 12.5 Å². The first-order valence-electron chi connectivity index (χ1n) is 23.8. The number of carbonyl (C=O) groups excluding carboxylic acids is 1. The number of halogens is 2. The summed E-state index contributed by atoms with van der Waals surface area (Å²) in [6.07, 6.45) is 8.28. The van der Waals surface area contributed by atoms with Crippen LogP contribution in [-0.2, 0) is 11.4 Å². The van der Waals surface area contributed by atoms with Gasteiger partial charge < -0.3 is 14.4 Å². The molecule has 0 unspecified atom stereocenters. The zero-order valence-corrected chi connectivity index (χ0v) is 43.3. The van der Waals surface area contributed by atoms with Crippen molar-refractivity contribution in [3.05, 3.63) is 224 Å². The van der Waals surface area contributed by atoms with Crippen molar-refractivity contribution in [3.63, 3.8) is 0 Å². The van der Waals surface area contributed by atoms with Crippen LogP contribution in [0.25, 0.3) is 45.8 Å². The Hall–Kier alpha value is -8.41. The van der Waals surface area contributed by atoms with Gasteiger partial charge >= 0.3 is 0 Å². The fourth-order valence-electron chi connectivity index (χ4n) is 8.47. The van der Waals surface area contributed by atoms with Crippen molar-refractivity contribution in [2.24, 2.45) is 20.5 Å². The van der Waals surface area contributed by atoms with Crippen LogP contribution in [0.3, 0.4) is 0 Å². The highest BCUT2D eigenvalue weighted by Crippen LogP contribution is 2.43. The Kier molecular flexibility index (Phi) is 15.7. The minimum atomic E-state index is -0.285. The number of fused-ring (bicyclic) bond motifs is 2. The smallest absolute Gasteiger partial charge is 0.261 e. The monoisotopic (exact) mass is 1010 g/mol. The Morgan fingerprint density at radius 2 is 0.946 bits per heavy atom. The van der Waals surface area contributed by atoms with E-state index in [1.54, 1.807) is 19.2 Å².